The van der Waals surface area contributed by atoms with Crippen molar-refractivity contribution in [1.82, 2.24) is 9.62 Å². The number of carbonyl (C=O) groups is 1. The maximum absolute atomic E-state index is 12.6. The van der Waals surface area contributed by atoms with Crippen LogP contribution in [0.4, 0.5) is 5.69 Å². The van der Waals surface area contributed by atoms with E-state index in [1.54, 1.807) is 17.5 Å². The number of rotatable bonds is 8. The quantitative estimate of drug-likeness (QED) is 0.692. The van der Waals surface area contributed by atoms with Crippen LogP contribution in [-0.4, -0.2) is 51.4 Å². The van der Waals surface area contributed by atoms with E-state index in [2.05, 4.69) is 36.2 Å². The van der Waals surface area contributed by atoms with Crippen LogP contribution in [0.25, 0.3) is 0 Å². The summed E-state index contributed by atoms with van der Waals surface area (Å²) in [5.74, 6) is -0.0997. The number of carbonyl (C=O) groups excluding carboxylic acids is 1. The Kier molecular flexibility index (Phi) is 7.32. The van der Waals surface area contributed by atoms with Gasteiger partial charge in [0.15, 0.2) is 0 Å². The van der Waals surface area contributed by atoms with Gasteiger partial charge in [0.05, 0.1) is 0 Å². The highest BCUT2D eigenvalue weighted by Gasteiger charge is 2.32. The topological polar surface area (TPSA) is 69.7 Å². The van der Waals surface area contributed by atoms with Crippen LogP contribution < -0.4 is 10.2 Å². The van der Waals surface area contributed by atoms with Crippen LogP contribution in [0.3, 0.4) is 0 Å². The molecule has 29 heavy (non-hydrogen) atoms. The summed E-state index contributed by atoms with van der Waals surface area (Å²) in [6, 6.07) is 11.6. The van der Waals surface area contributed by atoms with Gasteiger partial charge in [-0.2, -0.15) is 4.31 Å². The van der Waals surface area contributed by atoms with Crippen LogP contribution in [0.2, 0.25) is 0 Å². The molecule has 0 atom stereocenters. The lowest BCUT2D eigenvalue weighted by Gasteiger charge is -2.30. The van der Waals surface area contributed by atoms with Crippen molar-refractivity contribution in [3.05, 3.63) is 47.3 Å². The number of likely N-dealkylation sites (N-methyl/N-ethyl adjacent to an activating group) is 1. The number of benzene rings is 1. The van der Waals surface area contributed by atoms with Gasteiger partial charge in [-0.25, -0.2) is 8.42 Å². The number of anilines is 1. The molecule has 0 saturated carbocycles. The molecule has 1 aromatic heterocycles. The average molecular weight is 436 g/mol. The first-order chi connectivity index (χ1) is 13.9. The number of hydrogen-bond donors (Lipinski definition) is 1. The second-order valence-corrected chi connectivity index (χ2v) is 10.4. The van der Waals surface area contributed by atoms with Crippen LogP contribution in [0.5, 0.6) is 0 Å². The number of amides is 1. The number of para-hydroxylation sites is 1. The minimum atomic E-state index is -3.42. The summed E-state index contributed by atoms with van der Waals surface area (Å²) in [7, 11) is -3.42. The summed E-state index contributed by atoms with van der Waals surface area (Å²) in [5, 5.41) is 4.81. The minimum absolute atomic E-state index is 0.0269. The van der Waals surface area contributed by atoms with E-state index in [0.717, 1.165) is 13.1 Å². The fourth-order valence-electron chi connectivity index (χ4n) is 3.72. The van der Waals surface area contributed by atoms with E-state index in [9.17, 15) is 13.2 Å². The Balaban J connectivity index is 1.47. The zero-order valence-corrected chi connectivity index (χ0v) is 18.6. The van der Waals surface area contributed by atoms with E-state index in [4.69, 9.17) is 0 Å². The first-order valence-corrected chi connectivity index (χ1v) is 12.4. The smallest absolute Gasteiger partial charge is 0.252 e. The molecule has 1 aromatic carbocycles. The van der Waals surface area contributed by atoms with Crippen LogP contribution in [-0.2, 0) is 14.8 Å². The molecule has 6 nitrogen and oxygen atoms in total. The monoisotopic (exact) mass is 435 g/mol. The van der Waals surface area contributed by atoms with E-state index in [1.807, 2.05) is 12.1 Å². The molecule has 0 spiro atoms. The van der Waals surface area contributed by atoms with Gasteiger partial charge in [-0.15, -0.1) is 11.3 Å². The van der Waals surface area contributed by atoms with Crippen molar-refractivity contribution >= 4 is 33.0 Å². The summed E-state index contributed by atoms with van der Waals surface area (Å²) in [6.45, 7) is 7.19. The SMILES string of the molecule is CCN(CCNC(=O)C1CCN(S(=O)(=O)c2cccs2)CC1)c1ccccc1C. The van der Waals surface area contributed by atoms with E-state index in [1.165, 1.54) is 26.9 Å². The van der Waals surface area contributed by atoms with Crippen molar-refractivity contribution in [1.29, 1.82) is 0 Å². The third-order valence-corrected chi connectivity index (χ3v) is 8.70. The molecule has 8 heteroatoms. The Labute approximate surface area is 177 Å². The van der Waals surface area contributed by atoms with E-state index in [0.29, 0.717) is 36.7 Å². The predicted octanol–water partition coefficient (Wildman–Crippen LogP) is 3.10. The molecule has 0 radical (unpaired) electrons. The van der Waals surface area contributed by atoms with Gasteiger partial charge < -0.3 is 10.2 Å². The van der Waals surface area contributed by atoms with E-state index < -0.39 is 10.0 Å². The summed E-state index contributed by atoms with van der Waals surface area (Å²) < 4.78 is 27.1. The third kappa shape index (κ3) is 5.18. The molecule has 3 rings (SSSR count). The van der Waals surface area contributed by atoms with Gasteiger partial charge in [-0.1, -0.05) is 24.3 Å². The summed E-state index contributed by atoms with van der Waals surface area (Å²) >= 11 is 1.23. The zero-order chi connectivity index (χ0) is 20.9. The molecule has 1 saturated heterocycles. The predicted molar refractivity (Wildman–Crippen MR) is 118 cm³/mol. The van der Waals surface area contributed by atoms with Crippen LogP contribution in [0, 0.1) is 12.8 Å². The summed E-state index contributed by atoms with van der Waals surface area (Å²) in [6.07, 6.45) is 1.12. The third-order valence-electron chi connectivity index (χ3n) is 5.43. The second kappa shape index (κ2) is 9.73. The largest absolute Gasteiger partial charge is 0.370 e. The highest BCUT2D eigenvalue weighted by atomic mass is 32.2. The minimum Gasteiger partial charge on any atom is -0.370 e. The Hall–Kier alpha value is -1.90. The first kappa shape index (κ1) is 21.8. The average Bonchev–Trinajstić information content (AvgIpc) is 3.28. The highest BCUT2D eigenvalue weighted by molar-refractivity contribution is 7.91. The standard InChI is InChI=1S/C21H29N3O3S2/c1-3-23(19-8-5-4-7-17(19)2)15-12-22-21(25)18-10-13-24(14-11-18)29(26,27)20-9-6-16-28-20/h4-9,16,18H,3,10-15H2,1-2H3,(H,22,25). The molecule has 2 heterocycles. The number of hydrogen-bond acceptors (Lipinski definition) is 5. The lowest BCUT2D eigenvalue weighted by atomic mass is 9.97. The molecule has 158 valence electrons. The summed E-state index contributed by atoms with van der Waals surface area (Å²) in [5.41, 5.74) is 2.41. The molecule has 0 aliphatic carbocycles. The number of aryl methyl sites for hydroxylation is 1. The molecule has 1 aliphatic heterocycles. The molecular formula is C21H29N3O3S2. The van der Waals surface area contributed by atoms with E-state index in [-0.39, 0.29) is 11.8 Å². The van der Waals surface area contributed by atoms with Crippen molar-refractivity contribution in [2.24, 2.45) is 5.92 Å². The first-order valence-electron chi connectivity index (χ1n) is 10.1. The number of sulfonamides is 1. The zero-order valence-electron chi connectivity index (χ0n) is 17.0. The normalized spacial score (nSPS) is 15.9. The van der Waals surface area contributed by atoms with Crippen molar-refractivity contribution in [2.45, 2.75) is 30.9 Å². The molecule has 1 fully saturated rings. The van der Waals surface area contributed by atoms with Gasteiger partial charge in [0.25, 0.3) is 10.0 Å². The fourth-order valence-corrected chi connectivity index (χ4v) is 6.34. The Morgan fingerprint density at radius 2 is 1.93 bits per heavy atom. The molecule has 0 bridgehead atoms. The van der Waals surface area contributed by atoms with Gasteiger partial charge in [-0.05, 0) is 49.8 Å². The Bertz CT molecular complexity index is 905. The molecule has 0 unspecified atom stereocenters. The van der Waals surface area contributed by atoms with E-state index >= 15 is 0 Å². The van der Waals surface area contributed by atoms with Crippen molar-refractivity contribution in [3.63, 3.8) is 0 Å². The van der Waals surface area contributed by atoms with Crippen molar-refractivity contribution < 1.29 is 13.2 Å². The molecule has 1 amide bonds. The number of nitrogens with one attached hydrogen (secondary N) is 1. The molecular weight excluding hydrogens is 406 g/mol. The number of piperidine rings is 1. The van der Waals surface area contributed by atoms with Gasteiger partial charge in [0, 0.05) is 44.3 Å². The maximum Gasteiger partial charge on any atom is 0.252 e. The lowest BCUT2D eigenvalue weighted by Crippen LogP contribution is -2.44. The van der Waals surface area contributed by atoms with Crippen molar-refractivity contribution in [2.75, 3.05) is 37.6 Å². The second-order valence-electron chi connectivity index (χ2n) is 7.27. The Morgan fingerprint density at radius 3 is 2.55 bits per heavy atom. The Morgan fingerprint density at radius 1 is 1.21 bits per heavy atom. The molecule has 1 aliphatic rings. The summed E-state index contributed by atoms with van der Waals surface area (Å²) in [4.78, 5) is 14.8. The number of nitrogens with zero attached hydrogens (tertiary/aromatic N) is 2. The van der Waals surface area contributed by atoms with Crippen molar-refractivity contribution in [3.8, 4) is 0 Å². The van der Waals surface area contributed by atoms with Crippen LogP contribution in [0.1, 0.15) is 25.3 Å². The van der Waals surface area contributed by atoms with Gasteiger partial charge >= 0.3 is 0 Å². The van der Waals surface area contributed by atoms with Gasteiger partial charge in [-0.3, -0.25) is 4.79 Å². The van der Waals surface area contributed by atoms with Crippen LogP contribution >= 0.6 is 11.3 Å². The molecule has 2 aromatic rings. The lowest BCUT2D eigenvalue weighted by molar-refractivity contribution is -0.126. The fraction of sp³-hybridized carbons (Fsp3) is 0.476. The van der Waals surface area contributed by atoms with Gasteiger partial charge in [0.1, 0.15) is 4.21 Å². The number of thiophene rings is 1. The van der Waals surface area contributed by atoms with Gasteiger partial charge in [0.2, 0.25) is 5.91 Å². The maximum atomic E-state index is 12.6. The molecule has 1 N–H and O–H groups in total. The highest BCUT2D eigenvalue weighted by Crippen LogP contribution is 2.26. The van der Waals surface area contributed by atoms with Crippen LogP contribution in [0.15, 0.2) is 46.0 Å².